The molecule has 0 amide bonds. The summed E-state index contributed by atoms with van der Waals surface area (Å²) >= 11 is 3.67. The van der Waals surface area contributed by atoms with Gasteiger partial charge in [-0.25, -0.2) is 0 Å². The van der Waals surface area contributed by atoms with Gasteiger partial charge in [-0.3, -0.25) is 4.79 Å². The molecule has 0 aromatic heterocycles. The van der Waals surface area contributed by atoms with Gasteiger partial charge < -0.3 is 0 Å². The van der Waals surface area contributed by atoms with Crippen LogP contribution in [0.3, 0.4) is 0 Å². The number of carbonyl (C=O) groups is 1. The van der Waals surface area contributed by atoms with E-state index in [0.717, 1.165) is 24.7 Å². The van der Waals surface area contributed by atoms with Gasteiger partial charge in [-0.05, 0) is 74.5 Å². The summed E-state index contributed by atoms with van der Waals surface area (Å²) in [5.41, 5.74) is 2.19. The Balaban J connectivity index is 1.70. The Morgan fingerprint density at radius 1 is 1.14 bits per heavy atom. The maximum atomic E-state index is 12.6. The van der Waals surface area contributed by atoms with Crippen LogP contribution in [0, 0.1) is 28.6 Å². The molecule has 4 aliphatic rings. The van der Waals surface area contributed by atoms with Gasteiger partial charge >= 0.3 is 0 Å². The quantitative estimate of drug-likeness (QED) is 0.429. The number of halogens is 1. The molecule has 116 valence electrons. The van der Waals surface area contributed by atoms with E-state index >= 15 is 0 Å². The topological polar surface area (TPSA) is 17.1 Å². The van der Waals surface area contributed by atoms with Crippen molar-refractivity contribution in [1.82, 2.24) is 0 Å². The Kier molecular flexibility index (Phi) is 3.24. The molecule has 0 aromatic carbocycles. The van der Waals surface area contributed by atoms with Gasteiger partial charge in [0.2, 0.25) is 0 Å². The standard InChI is InChI=1S/C19H27BrO/c1-18-9-4-3-5-12(18)6-7-13-14(18)8-10-19(2)15(13)11-16(20)17(19)21/h5,13-16H,3-4,6-11H2,1-2H3/t13?,14?,15?,16-,18?,19?/m0/s1. The van der Waals surface area contributed by atoms with E-state index in [-0.39, 0.29) is 10.2 Å². The molecule has 0 spiro atoms. The van der Waals surface area contributed by atoms with Crippen molar-refractivity contribution >= 4 is 21.7 Å². The molecule has 3 fully saturated rings. The lowest BCUT2D eigenvalue weighted by molar-refractivity contribution is -0.132. The second-order valence-corrected chi connectivity index (χ2v) is 9.58. The highest BCUT2D eigenvalue weighted by atomic mass is 79.9. The molecule has 0 N–H and O–H groups in total. The lowest BCUT2D eigenvalue weighted by Crippen LogP contribution is -2.50. The normalized spacial score (nSPS) is 52.7. The van der Waals surface area contributed by atoms with E-state index in [2.05, 4.69) is 35.9 Å². The molecule has 1 nitrogen and oxygen atoms in total. The summed E-state index contributed by atoms with van der Waals surface area (Å²) in [5, 5.41) is 0. The molecular formula is C19H27BrO. The third-order valence-electron chi connectivity index (χ3n) is 7.72. The van der Waals surface area contributed by atoms with Crippen LogP contribution in [0.4, 0.5) is 0 Å². The number of Topliss-reactive ketones (excluding diaryl/α,β-unsaturated/α-hetero) is 1. The molecule has 4 aliphatic carbocycles. The minimum atomic E-state index is -0.0262. The first kappa shape index (κ1) is 14.5. The van der Waals surface area contributed by atoms with Crippen molar-refractivity contribution in [1.29, 1.82) is 0 Å². The number of ketones is 1. The Labute approximate surface area is 137 Å². The summed E-state index contributed by atoms with van der Waals surface area (Å²) in [5.74, 6) is 2.76. The summed E-state index contributed by atoms with van der Waals surface area (Å²) in [7, 11) is 0. The Hall–Kier alpha value is -0.110. The van der Waals surface area contributed by atoms with Gasteiger partial charge in [-0.1, -0.05) is 41.4 Å². The fourth-order valence-electron chi connectivity index (χ4n) is 6.50. The molecule has 0 radical (unpaired) electrons. The van der Waals surface area contributed by atoms with Crippen LogP contribution >= 0.6 is 15.9 Å². The average Bonchev–Trinajstić information content (AvgIpc) is 2.70. The summed E-state index contributed by atoms with van der Waals surface area (Å²) in [4.78, 5) is 12.8. The van der Waals surface area contributed by atoms with Crippen LogP contribution < -0.4 is 0 Å². The number of hydrogen-bond acceptors (Lipinski definition) is 1. The number of fused-ring (bicyclic) bond motifs is 5. The molecule has 0 bridgehead atoms. The Morgan fingerprint density at radius 3 is 2.76 bits per heavy atom. The van der Waals surface area contributed by atoms with Gasteiger partial charge in [0.25, 0.3) is 0 Å². The highest BCUT2D eigenvalue weighted by Crippen LogP contribution is 2.65. The van der Waals surface area contributed by atoms with Crippen molar-refractivity contribution in [3.63, 3.8) is 0 Å². The molecule has 3 saturated carbocycles. The fraction of sp³-hybridized carbons (Fsp3) is 0.842. The maximum absolute atomic E-state index is 12.6. The lowest BCUT2D eigenvalue weighted by Gasteiger charge is -2.57. The van der Waals surface area contributed by atoms with Gasteiger partial charge in [0, 0.05) is 5.41 Å². The third-order valence-corrected chi connectivity index (χ3v) is 8.51. The molecule has 0 aliphatic heterocycles. The SMILES string of the molecule is CC12CCC3C(CCC4=CCCCC43C)C1C[C@H](Br)C2=O. The number of allylic oxidation sites excluding steroid dienone is 2. The summed E-state index contributed by atoms with van der Waals surface area (Å²) in [6.07, 6.45) is 12.7. The van der Waals surface area contributed by atoms with Crippen molar-refractivity contribution in [2.24, 2.45) is 28.6 Å². The van der Waals surface area contributed by atoms with E-state index in [1.54, 1.807) is 5.57 Å². The predicted octanol–water partition coefficient (Wildman–Crippen LogP) is 5.28. The maximum Gasteiger partial charge on any atom is 0.152 e. The minimum absolute atomic E-state index is 0.0262. The molecule has 0 aromatic rings. The molecule has 2 heteroatoms. The largest absolute Gasteiger partial charge is 0.298 e. The van der Waals surface area contributed by atoms with Crippen molar-refractivity contribution in [3.8, 4) is 0 Å². The van der Waals surface area contributed by atoms with Crippen LogP contribution in [0.5, 0.6) is 0 Å². The Morgan fingerprint density at radius 2 is 1.95 bits per heavy atom. The zero-order chi connectivity index (χ0) is 14.8. The van der Waals surface area contributed by atoms with Gasteiger partial charge in [-0.15, -0.1) is 0 Å². The highest BCUT2D eigenvalue weighted by Gasteiger charge is 2.60. The van der Waals surface area contributed by atoms with E-state index < -0.39 is 0 Å². The minimum Gasteiger partial charge on any atom is -0.298 e. The second kappa shape index (κ2) is 4.69. The molecule has 4 rings (SSSR count). The molecule has 0 saturated heterocycles. The summed E-state index contributed by atoms with van der Waals surface area (Å²) in [6.45, 7) is 4.81. The van der Waals surface area contributed by atoms with E-state index in [1.165, 1.54) is 38.5 Å². The van der Waals surface area contributed by atoms with Crippen LogP contribution in [0.25, 0.3) is 0 Å². The Bertz CT molecular complexity index is 510. The van der Waals surface area contributed by atoms with Crippen molar-refractivity contribution in [3.05, 3.63) is 11.6 Å². The number of rotatable bonds is 0. The third kappa shape index (κ3) is 1.84. The summed E-state index contributed by atoms with van der Waals surface area (Å²) < 4.78 is 0. The zero-order valence-corrected chi connectivity index (χ0v) is 14.9. The summed E-state index contributed by atoms with van der Waals surface area (Å²) in [6, 6.07) is 0. The van der Waals surface area contributed by atoms with Crippen LogP contribution in [-0.2, 0) is 4.79 Å². The first-order valence-electron chi connectivity index (χ1n) is 8.85. The predicted molar refractivity (Wildman–Crippen MR) is 89.4 cm³/mol. The van der Waals surface area contributed by atoms with Gasteiger partial charge in [0.05, 0.1) is 4.83 Å². The van der Waals surface area contributed by atoms with E-state index in [1.807, 2.05) is 0 Å². The van der Waals surface area contributed by atoms with Crippen LogP contribution in [0.1, 0.15) is 65.2 Å². The van der Waals surface area contributed by atoms with Gasteiger partial charge in [0.1, 0.15) is 0 Å². The van der Waals surface area contributed by atoms with Crippen molar-refractivity contribution in [2.45, 2.75) is 70.0 Å². The fourth-order valence-corrected chi connectivity index (χ4v) is 7.43. The van der Waals surface area contributed by atoms with Gasteiger partial charge in [0.15, 0.2) is 5.78 Å². The van der Waals surface area contributed by atoms with Crippen LogP contribution in [0.15, 0.2) is 11.6 Å². The second-order valence-electron chi connectivity index (χ2n) is 8.48. The highest BCUT2D eigenvalue weighted by molar-refractivity contribution is 9.10. The first-order valence-corrected chi connectivity index (χ1v) is 9.76. The van der Waals surface area contributed by atoms with Crippen molar-refractivity contribution < 1.29 is 4.79 Å². The smallest absolute Gasteiger partial charge is 0.152 e. The van der Waals surface area contributed by atoms with Gasteiger partial charge in [-0.2, -0.15) is 0 Å². The van der Waals surface area contributed by atoms with Crippen LogP contribution in [-0.4, -0.2) is 10.6 Å². The molecule has 21 heavy (non-hydrogen) atoms. The molecule has 0 heterocycles. The molecule has 6 atom stereocenters. The first-order chi connectivity index (χ1) is 9.97. The average molecular weight is 351 g/mol. The van der Waals surface area contributed by atoms with E-state index in [9.17, 15) is 4.79 Å². The number of alkyl halides is 1. The van der Waals surface area contributed by atoms with Crippen molar-refractivity contribution in [2.75, 3.05) is 0 Å². The molecular weight excluding hydrogens is 324 g/mol. The van der Waals surface area contributed by atoms with E-state index in [4.69, 9.17) is 0 Å². The zero-order valence-electron chi connectivity index (χ0n) is 13.3. The number of hydrogen-bond donors (Lipinski definition) is 0. The van der Waals surface area contributed by atoms with E-state index in [0.29, 0.717) is 17.1 Å². The number of carbonyl (C=O) groups excluding carboxylic acids is 1. The van der Waals surface area contributed by atoms with Crippen LogP contribution in [0.2, 0.25) is 0 Å². The lowest BCUT2D eigenvalue weighted by atomic mass is 9.47. The molecule has 5 unspecified atom stereocenters. The monoisotopic (exact) mass is 350 g/mol.